The van der Waals surface area contributed by atoms with Crippen molar-refractivity contribution in [3.8, 4) is 0 Å². The Hall–Kier alpha value is -0.670. The maximum Gasteiger partial charge on any atom is 0.164 e. The molecule has 1 atom stereocenters. The zero-order valence-electron chi connectivity index (χ0n) is 7.08. The fraction of sp³-hybridized carbons (Fsp3) is 0.0909. The van der Waals surface area contributed by atoms with Crippen LogP contribution in [0.25, 0.3) is 4.91 Å². The molecule has 0 spiro atoms. The van der Waals surface area contributed by atoms with Gasteiger partial charge in [-0.2, -0.15) is 0 Å². The van der Waals surface area contributed by atoms with E-state index in [2.05, 4.69) is 40.2 Å². The summed E-state index contributed by atoms with van der Waals surface area (Å²) in [4.78, 5) is 2.81. The van der Waals surface area contributed by atoms with E-state index in [4.69, 9.17) is 4.74 Å². The molecule has 0 bridgehead atoms. The molecule has 14 heavy (non-hydrogen) atoms. The van der Waals surface area contributed by atoms with Crippen molar-refractivity contribution in [3.05, 3.63) is 45.6 Å². The van der Waals surface area contributed by atoms with Gasteiger partial charge in [-0.15, -0.1) is 0 Å². The summed E-state index contributed by atoms with van der Waals surface area (Å²) in [7, 11) is 0. The van der Waals surface area contributed by atoms with Gasteiger partial charge in [-0.25, -0.2) is 0 Å². The van der Waals surface area contributed by atoms with Gasteiger partial charge in [0.1, 0.15) is 0 Å². The first-order valence-electron chi connectivity index (χ1n) is 4.44. The average molecular weight is 265 g/mol. The molecule has 3 heteroatoms. The van der Waals surface area contributed by atoms with E-state index in [1.54, 1.807) is 0 Å². The summed E-state index contributed by atoms with van der Waals surface area (Å²) >= 11 is 5.25. The van der Waals surface area contributed by atoms with Crippen LogP contribution in [0.1, 0.15) is 17.2 Å². The summed E-state index contributed by atoms with van der Waals surface area (Å²) < 4.78 is 6.58. The lowest BCUT2D eigenvalue weighted by Gasteiger charge is -2.20. The third-order valence-corrected chi connectivity index (χ3v) is 4.44. The molecule has 0 saturated carbocycles. The van der Waals surface area contributed by atoms with Gasteiger partial charge in [-0.3, -0.25) is 0 Å². The third-order valence-electron chi connectivity index (χ3n) is 2.82. The van der Waals surface area contributed by atoms with Crippen molar-refractivity contribution >= 4 is 32.6 Å². The van der Waals surface area contributed by atoms with Gasteiger partial charge in [0.2, 0.25) is 0 Å². The van der Waals surface area contributed by atoms with Gasteiger partial charge in [0, 0.05) is 26.5 Å². The number of ether oxygens (including phenoxy) is 1. The van der Waals surface area contributed by atoms with Gasteiger partial charge in [0.25, 0.3) is 0 Å². The number of hydrogen-bond donors (Lipinski definition) is 0. The highest BCUT2D eigenvalue weighted by Crippen LogP contribution is 2.62. The van der Waals surface area contributed by atoms with E-state index in [1.807, 2.05) is 11.8 Å². The summed E-state index contributed by atoms with van der Waals surface area (Å²) in [6, 6.07) is 6.44. The van der Waals surface area contributed by atoms with Crippen molar-refractivity contribution in [1.29, 1.82) is 0 Å². The summed E-state index contributed by atoms with van der Waals surface area (Å²) in [6.07, 6.45) is 2.25. The largest absolute Gasteiger partial charge is 0.474 e. The van der Waals surface area contributed by atoms with Crippen molar-refractivity contribution in [2.24, 2.45) is 0 Å². The first kappa shape index (κ1) is 7.60. The topological polar surface area (TPSA) is 9.23 Å². The first-order valence-corrected chi connectivity index (χ1v) is 6.05. The van der Waals surface area contributed by atoms with E-state index in [0.717, 1.165) is 4.67 Å². The van der Waals surface area contributed by atoms with E-state index in [9.17, 15) is 0 Å². The lowest BCUT2D eigenvalue weighted by molar-refractivity contribution is 0.196. The lowest BCUT2D eigenvalue weighted by atomic mass is 10.1. The minimum Gasteiger partial charge on any atom is -0.474 e. The quantitative estimate of drug-likeness (QED) is 0.705. The second kappa shape index (κ2) is 2.28. The minimum absolute atomic E-state index is 0.157. The highest BCUT2D eigenvalue weighted by atomic mass is 79.9. The molecule has 2 aliphatic heterocycles. The van der Waals surface area contributed by atoms with Gasteiger partial charge in [0.05, 0.1) is 0 Å². The SMILES string of the molecule is BrC1=CC2=C3Sc4cccc(c43)[C@H]2O1. The van der Waals surface area contributed by atoms with Crippen LogP contribution < -0.4 is 0 Å². The maximum absolute atomic E-state index is 5.72. The number of fused-ring (bicyclic) bond motifs is 2. The number of hydrogen-bond acceptors (Lipinski definition) is 2. The smallest absolute Gasteiger partial charge is 0.164 e. The van der Waals surface area contributed by atoms with E-state index in [-0.39, 0.29) is 6.10 Å². The second-order valence-corrected chi connectivity index (χ2v) is 5.39. The molecule has 0 amide bonds. The van der Waals surface area contributed by atoms with E-state index in [1.165, 1.54) is 26.5 Å². The van der Waals surface area contributed by atoms with Crippen LogP contribution in [-0.4, -0.2) is 0 Å². The number of rotatable bonds is 0. The Morgan fingerprint density at radius 3 is 3.21 bits per heavy atom. The van der Waals surface area contributed by atoms with Crippen molar-refractivity contribution < 1.29 is 4.74 Å². The van der Waals surface area contributed by atoms with E-state index < -0.39 is 0 Å². The Morgan fingerprint density at radius 1 is 1.36 bits per heavy atom. The molecule has 1 aromatic rings. The average Bonchev–Trinajstić information content (AvgIpc) is 2.58. The minimum atomic E-state index is 0.157. The Kier molecular flexibility index (Phi) is 1.24. The Balaban J connectivity index is 2.05. The van der Waals surface area contributed by atoms with Crippen molar-refractivity contribution in [2.45, 2.75) is 11.0 Å². The van der Waals surface area contributed by atoms with Crippen LogP contribution in [0.5, 0.6) is 0 Å². The van der Waals surface area contributed by atoms with Crippen molar-refractivity contribution in [1.82, 2.24) is 0 Å². The predicted molar refractivity (Wildman–Crippen MR) is 60.1 cm³/mol. The predicted octanol–water partition coefficient (Wildman–Crippen LogP) is 3.82. The molecule has 0 N–H and O–H groups in total. The molecule has 0 saturated heterocycles. The van der Waals surface area contributed by atoms with E-state index >= 15 is 0 Å². The molecule has 3 aliphatic rings. The van der Waals surface area contributed by atoms with Gasteiger partial charge in [-0.05, 0) is 28.1 Å². The van der Waals surface area contributed by atoms with Crippen LogP contribution in [-0.2, 0) is 4.74 Å². The summed E-state index contributed by atoms with van der Waals surface area (Å²) in [5.41, 5.74) is 4.08. The van der Waals surface area contributed by atoms with Crippen LogP contribution >= 0.6 is 27.7 Å². The molecule has 0 radical (unpaired) electrons. The monoisotopic (exact) mass is 264 g/mol. The number of halogens is 1. The zero-order valence-corrected chi connectivity index (χ0v) is 9.48. The number of benzene rings is 1. The van der Waals surface area contributed by atoms with Crippen LogP contribution in [0.15, 0.2) is 39.4 Å². The van der Waals surface area contributed by atoms with Crippen LogP contribution in [0.2, 0.25) is 0 Å². The molecule has 1 aliphatic carbocycles. The molecule has 0 fully saturated rings. The maximum atomic E-state index is 5.72. The molecule has 2 heterocycles. The molecule has 4 rings (SSSR count). The molecule has 68 valence electrons. The van der Waals surface area contributed by atoms with Gasteiger partial charge >= 0.3 is 0 Å². The van der Waals surface area contributed by atoms with Crippen LogP contribution in [0.4, 0.5) is 0 Å². The summed E-state index contributed by atoms with van der Waals surface area (Å²) in [6.45, 7) is 0. The summed E-state index contributed by atoms with van der Waals surface area (Å²) in [5.74, 6) is 0. The fourth-order valence-electron chi connectivity index (χ4n) is 2.24. The standard InChI is InChI=1S/C11H5BrOS/c12-8-4-6-10(13-8)5-2-1-3-7-9(5)11(6)14-7/h1-4,10H/t10-/m1/s1. The zero-order chi connectivity index (χ0) is 9.28. The molecule has 0 aromatic heterocycles. The first-order chi connectivity index (χ1) is 6.84. The molecule has 1 aromatic carbocycles. The van der Waals surface area contributed by atoms with Gasteiger partial charge < -0.3 is 4.74 Å². The van der Waals surface area contributed by atoms with Crippen molar-refractivity contribution in [3.63, 3.8) is 0 Å². The molecular weight excluding hydrogens is 260 g/mol. The molecule has 0 unspecified atom stereocenters. The Labute approximate surface area is 94.0 Å². The second-order valence-electron chi connectivity index (χ2n) is 3.55. The lowest BCUT2D eigenvalue weighted by Crippen LogP contribution is -1.98. The highest BCUT2D eigenvalue weighted by Gasteiger charge is 2.42. The number of thioether (sulfide) groups is 1. The van der Waals surface area contributed by atoms with E-state index in [0.29, 0.717) is 0 Å². The fourth-order valence-corrected chi connectivity index (χ4v) is 3.82. The Bertz CT molecular complexity index is 530. The summed E-state index contributed by atoms with van der Waals surface area (Å²) in [5, 5.41) is 0. The molecular formula is C11H5BrOS. The Morgan fingerprint density at radius 2 is 2.29 bits per heavy atom. The molecule has 1 nitrogen and oxygen atoms in total. The van der Waals surface area contributed by atoms with Crippen LogP contribution in [0.3, 0.4) is 0 Å². The third kappa shape index (κ3) is 0.708. The normalized spacial score (nSPS) is 25.2. The van der Waals surface area contributed by atoms with Crippen LogP contribution in [0, 0.1) is 0 Å². The van der Waals surface area contributed by atoms with Crippen molar-refractivity contribution in [2.75, 3.05) is 0 Å². The van der Waals surface area contributed by atoms with Gasteiger partial charge in [-0.1, -0.05) is 23.9 Å². The van der Waals surface area contributed by atoms with Gasteiger partial charge in [0.15, 0.2) is 10.8 Å². The highest BCUT2D eigenvalue weighted by molar-refractivity contribution is 9.11.